The van der Waals surface area contributed by atoms with Crippen molar-refractivity contribution >= 4 is 24.0 Å². The van der Waals surface area contributed by atoms with E-state index in [1.165, 1.54) is 5.56 Å². The van der Waals surface area contributed by atoms with Gasteiger partial charge in [-0.25, -0.2) is 0 Å². The number of carbonyl (C=O) groups is 1. The van der Waals surface area contributed by atoms with Crippen LogP contribution in [0.3, 0.4) is 0 Å². The lowest BCUT2D eigenvalue weighted by atomic mass is 10.0. The molecule has 0 atom stereocenters. The fraction of sp³-hybridized carbons (Fsp3) is 0.588. The van der Waals surface area contributed by atoms with Crippen LogP contribution in [0, 0.1) is 0 Å². The van der Waals surface area contributed by atoms with E-state index in [1.807, 2.05) is 25.2 Å². The maximum absolute atomic E-state index is 12.3. The average molecular weight is 326 g/mol. The molecule has 1 aliphatic heterocycles. The summed E-state index contributed by atoms with van der Waals surface area (Å²) in [7, 11) is 2.05. The molecule has 1 heterocycles. The molecule has 1 aromatic rings. The number of benzene rings is 1. The highest BCUT2D eigenvalue weighted by atomic mass is 35.5. The van der Waals surface area contributed by atoms with Crippen LogP contribution in [0.15, 0.2) is 24.3 Å². The SMILES string of the molecule is CC(C)c1ccccc1NC(=O)CN(C)C1CCNCC1.Cl. The van der Waals surface area contributed by atoms with Gasteiger partial charge in [-0.3, -0.25) is 9.69 Å². The van der Waals surface area contributed by atoms with Crippen LogP contribution in [0.4, 0.5) is 5.69 Å². The molecular formula is C17H28ClN3O. The highest BCUT2D eigenvalue weighted by Crippen LogP contribution is 2.23. The first-order chi connectivity index (χ1) is 10.1. The first-order valence-electron chi connectivity index (χ1n) is 7.87. The molecule has 124 valence electrons. The van der Waals surface area contributed by atoms with Crippen LogP contribution in [-0.2, 0) is 4.79 Å². The summed E-state index contributed by atoms with van der Waals surface area (Å²) in [5.74, 6) is 0.479. The third-order valence-corrected chi connectivity index (χ3v) is 4.18. The number of nitrogens with one attached hydrogen (secondary N) is 2. The monoisotopic (exact) mass is 325 g/mol. The van der Waals surface area contributed by atoms with Crippen molar-refractivity contribution in [2.24, 2.45) is 0 Å². The average Bonchev–Trinajstić information content (AvgIpc) is 2.48. The number of halogens is 1. The Kier molecular flexibility index (Phi) is 7.87. The fourth-order valence-electron chi connectivity index (χ4n) is 2.91. The highest BCUT2D eigenvalue weighted by Gasteiger charge is 2.20. The molecule has 0 unspecified atom stereocenters. The van der Waals surface area contributed by atoms with E-state index < -0.39 is 0 Å². The molecule has 1 amide bonds. The van der Waals surface area contributed by atoms with Gasteiger partial charge in [-0.2, -0.15) is 0 Å². The number of hydrogen-bond donors (Lipinski definition) is 2. The minimum atomic E-state index is 0. The number of nitrogens with zero attached hydrogens (tertiary/aromatic N) is 1. The molecule has 1 aromatic carbocycles. The lowest BCUT2D eigenvalue weighted by Crippen LogP contribution is -2.44. The van der Waals surface area contributed by atoms with E-state index in [2.05, 4.69) is 35.4 Å². The molecule has 0 aliphatic carbocycles. The summed E-state index contributed by atoms with van der Waals surface area (Å²) < 4.78 is 0. The second-order valence-corrected chi connectivity index (χ2v) is 6.19. The van der Waals surface area contributed by atoms with Crippen LogP contribution in [-0.4, -0.2) is 43.5 Å². The van der Waals surface area contributed by atoms with Crippen molar-refractivity contribution in [3.05, 3.63) is 29.8 Å². The van der Waals surface area contributed by atoms with Crippen molar-refractivity contribution in [2.45, 2.75) is 38.6 Å². The molecule has 1 fully saturated rings. The Labute approximate surface area is 140 Å². The van der Waals surface area contributed by atoms with Crippen molar-refractivity contribution in [3.8, 4) is 0 Å². The minimum Gasteiger partial charge on any atom is -0.325 e. The third kappa shape index (κ3) is 5.27. The van der Waals surface area contributed by atoms with E-state index in [1.54, 1.807) is 0 Å². The minimum absolute atomic E-state index is 0. The van der Waals surface area contributed by atoms with Crippen LogP contribution in [0.1, 0.15) is 38.2 Å². The Hall–Kier alpha value is -1.10. The van der Waals surface area contributed by atoms with Gasteiger partial charge >= 0.3 is 0 Å². The summed E-state index contributed by atoms with van der Waals surface area (Å²) in [6.45, 7) is 6.84. The van der Waals surface area contributed by atoms with Gasteiger partial charge in [0.15, 0.2) is 0 Å². The molecule has 4 nitrogen and oxygen atoms in total. The van der Waals surface area contributed by atoms with Crippen LogP contribution in [0.25, 0.3) is 0 Å². The van der Waals surface area contributed by atoms with Gasteiger partial charge in [0.25, 0.3) is 0 Å². The van der Waals surface area contributed by atoms with Gasteiger partial charge in [-0.1, -0.05) is 32.0 Å². The lowest BCUT2D eigenvalue weighted by molar-refractivity contribution is -0.117. The molecule has 0 radical (unpaired) electrons. The second-order valence-electron chi connectivity index (χ2n) is 6.19. The number of likely N-dealkylation sites (N-methyl/N-ethyl adjacent to an activating group) is 1. The normalized spacial score (nSPS) is 15.7. The molecular weight excluding hydrogens is 298 g/mol. The predicted octanol–water partition coefficient (Wildman–Crippen LogP) is 2.85. The second kappa shape index (κ2) is 9.13. The topological polar surface area (TPSA) is 44.4 Å². The van der Waals surface area contributed by atoms with Crippen molar-refractivity contribution in [2.75, 3.05) is 32.0 Å². The molecule has 2 rings (SSSR count). The van der Waals surface area contributed by atoms with E-state index in [-0.39, 0.29) is 18.3 Å². The maximum Gasteiger partial charge on any atom is 0.238 e. The van der Waals surface area contributed by atoms with E-state index in [0.29, 0.717) is 18.5 Å². The predicted molar refractivity (Wildman–Crippen MR) is 94.9 cm³/mol. The summed E-state index contributed by atoms with van der Waals surface area (Å²) in [6, 6.07) is 8.57. The Balaban J connectivity index is 0.00000242. The van der Waals surface area contributed by atoms with Gasteiger partial charge in [0.2, 0.25) is 5.91 Å². The van der Waals surface area contributed by atoms with Crippen molar-refractivity contribution < 1.29 is 4.79 Å². The number of rotatable bonds is 5. The van der Waals surface area contributed by atoms with Gasteiger partial charge in [-0.15, -0.1) is 12.4 Å². The Morgan fingerprint density at radius 1 is 1.32 bits per heavy atom. The summed E-state index contributed by atoms with van der Waals surface area (Å²) in [5, 5.41) is 6.42. The zero-order valence-electron chi connectivity index (χ0n) is 13.8. The van der Waals surface area contributed by atoms with E-state index >= 15 is 0 Å². The summed E-state index contributed by atoms with van der Waals surface area (Å²) in [4.78, 5) is 14.4. The molecule has 0 spiro atoms. The van der Waals surface area contributed by atoms with Gasteiger partial charge in [0, 0.05) is 11.7 Å². The number of amides is 1. The van der Waals surface area contributed by atoms with E-state index in [0.717, 1.165) is 31.6 Å². The molecule has 5 heteroatoms. The smallest absolute Gasteiger partial charge is 0.238 e. The molecule has 22 heavy (non-hydrogen) atoms. The molecule has 1 aliphatic rings. The Morgan fingerprint density at radius 2 is 1.95 bits per heavy atom. The van der Waals surface area contributed by atoms with Crippen LogP contribution < -0.4 is 10.6 Å². The molecule has 0 saturated carbocycles. The van der Waals surface area contributed by atoms with Crippen molar-refractivity contribution in [1.82, 2.24) is 10.2 Å². The lowest BCUT2D eigenvalue weighted by Gasteiger charge is -2.31. The first kappa shape index (κ1) is 18.9. The zero-order chi connectivity index (χ0) is 15.2. The number of piperidine rings is 1. The van der Waals surface area contributed by atoms with Gasteiger partial charge in [0.1, 0.15) is 0 Å². The number of para-hydroxylation sites is 1. The van der Waals surface area contributed by atoms with Gasteiger partial charge in [-0.05, 0) is 50.5 Å². The third-order valence-electron chi connectivity index (χ3n) is 4.18. The van der Waals surface area contributed by atoms with E-state index in [4.69, 9.17) is 0 Å². The zero-order valence-corrected chi connectivity index (χ0v) is 14.6. The molecule has 0 aromatic heterocycles. The fourth-order valence-corrected chi connectivity index (χ4v) is 2.91. The summed E-state index contributed by atoms with van der Waals surface area (Å²) in [5.41, 5.74) is 2.13. The quantitative estimate of drug-likeness (QED) is 0.875. The van der Waals surface area contributed by atoms with Crippen LogP contribution >= 0.6 is 12.4 Å². The molecule has 0 bridgehead atoms. The Bertz CT molecular complexity index is 473. The van der Waals surface area contributed by atoms with Crippen molar-refractivity contribution in [3.63, 3.8) is 0 Å². The summed E-state index contributed by atoms with van der Waals surface area (Å²) >= 11 is 0. The molecule has 2 N–H and O–H groups in total. The number of carbonyl (C=O) groups excluding carboxylic acids is 1. The maximum atomic E-state index is 12.3. The van der Waals surface area contributed by atoms with Gasteiger partial charge in [0.05, 0.1) is 6.54 Å². The highest BCUT2D eigenvalue weighted by molar-refractivity contribution is 5.93. The standard InChI is InChI=1S/C17H27N3O.ClH/c1-13(2)15-6-4-5-7-16(15)19-17(21)12-20(3)14-8-10-18-11-9-14;/h4-7,13-14,18H,8-12H2,1-3H3,(H,19,21);1H. The van der Waals surface area contributed by atoms with Crippen molar-refractivity contribution in [1.29, 1.82) is 0 Å². The first-order valence-corrected chi connectivity index (χ1v) is 7.87. The van der Waals surface area contributed by atoms with E-state index in [9.17, 15) is 4.79 Å². The van der Waals surface area contributed by atoms with Crippen LogP contribution in [0.2, 0.25) is 0 Å². The number of hydrogen-bond acceptors (Lipinski definition) is 3. The largest absolute Gasteiger partial charge is 0.325 e. The molecule has 1 saturated heterocycles. The van der Waals surface area contributed by atoms with Gasteiger partial charge < -0.3 is 10.6 Å². The number of anilines is 1. The van der Waals surface area contributed by atoms with Crippen LogP contribution in [0.5, 0.6) is 0 Å². The Morgan fingerprint density at radius 3 is 2.59 bits per heavy atom. The summed E-state index contributed by atoms with van der Waals surface area (Å²) in [6.07, 6.45) is 2.23.